The average Bonchev–Trinajstić information content (AvgIpc) is 2.61. The Morgan fingerprint density at radius 2 is 2.17 bits per heavy atom. The van der Waals surface area contributed by atoms with Crippen molar-refractivity contribution >= 4 is 29.0 Å². The minimum Gasteiger partial charge on any atom is -0.398 e. The number of nitrogens with two attached hydrogens (primary N) is 1. The molecule has 1 aromatic heterocycles. The van der Waals surface area contributed by atoms with Crippen molar-refractivity contribution in [1.82, 2.24) is 9.78 Å². The van der Waals surface area contributed by atoms with E-state index < -0.39 is 0 Å². The van der Waals surface area contributed by atoms with Crippen LogP contribution in [-0.2, 0) is 7.05 Å². The fourth-order valence-corrected chi connectivity index (χ4v) is 1.61. The molecule has 1 heterocycles. The molecule has 0 aliphatic carbocycles. The van der Waals surface area contributed by atoms with Crippen molar-refractivity contribution in [2.24, 2.45) is 7.05 Å². The van der Waals surface area contributed by atoms with E-state index in [2.05, 4.69) is 10.4 Å². The van der Waals surface area contributed by atoms with E-state index in [-0.39, 0.29) is 5.91 Å². The predicted octanol–water partition coefficient (Wildman–Crippen LogP) is 2.22. The van der Waals surface area contributed by atoms with Crippen molar-refractivity contribution in [1.29, 1.82) is 0 Å². The van der Waals surface area contributed by atoms with Gasteiger partial charge in [-0.2, -0.15) is 5.10 Å². The van der Waals surface area contributed by atoms with Crippen LogP contribution in [-0.4, -0.2) is 15.7 Å². The summed E-state index contributed by atoms with van der Waals surface area (Å²) in [4.78, 5) is 11.9. The summed E-state index contributed by atoms with van der Waals surface area (Å²) in [5, 5.41) is 7.27. The average molecular weight is 265 g/mol. The molecule has 3 N–H and O–H groups in total. The van der Waals surface area contributed by atoms with E-state index in [1.807, 2.05) is 14.0 Å². The molecule has 0 radical (unpaired) electrons. The second-order valence-corrected chi connectivity index (χ2v) is 4.39. The minimum absolute atomic E-state index is 0.267. The van der Waals surface area contributed by atoms with Gasteiger partial charge in [-0.1, -0.05) is 11.6 Å². The highest BCUT2D eigenvalue weighted by Crippen LogP contribution is 2.20. The number of anilines is 2. The summed E-state index contributed by atoms with van der Waals surface area (Å²) in [6.07, 6.45) is 0. The van der Waals surface area contributed by atoms with Crippen molar-refractivity contribution in [2.75, 3.05) is 11.1 Å². The third kappa shape index (κ3) is 2.46. The number of carbonyl (C=O) groups excluding carboxylic acids is 1. The monoisotopic (exact) mass is 264 g/mol. The molecular weight excluding hydrogens is 252 g/mol. The molecular formula is C12H13ClN4O. The zero-order chi connectivity index (χ0) is 13.3. The standard InChI is InChI=1S/C12H13ClN4O/c1-7-5-11(16-17(7)2)15-12(18)8-3-4-9(13)10(14)6-8/h3-6H,14H2,1-2H3,(H,15,16,18). The third-order valence-corrected chi connectivity index (χ3v) is 2.96. The van der Waals surface area contributed by atoms with Gasteiger partial charge in [0.25, 0.3) is 5.91 Å². The maximum atomic E-state index is 11.9. The number of aromatic nitrogens is 2. The van der Waals surface area contributed by atoms with Crippen LogP contribution in [0.1, 0.15) is 16.1 Å². The maximum Gasteiger partial charge on any atom is 0.256 e. The van der Waals surface area contributed by atoms with Crippen LogP contribution in [0.4, 0.5) is 11.5 Å². The summed E-state index contributed by atoms with van der Waals surface area (Å²) in [5.41, 5.74) is 7.43. The molecule has 1 aromatic carbocycles. The first kappa shape index (κ1) is 12.4. The zero-order valence-corrected chi connectivity index (χ0v) is 10.8. The zero-order valence-electron chi connectivity index (χ0n) is 10.1. The first-order chi connectivity index (χ1) is 8.47. The van der Waals surface area contributed by atoms with Crippen LogP contribution in [0.15, 0.2) is 24.3 Å². The van der Waals surface area contributed by atoms with E-state index in [0.717, 1.165) is 5.69 Å². The highest BCUT2D eigenvalue weighted by Gasteiger charge is 2.10. The van der Waals surface area contributed by atoms with Crippen LogP contribution in [0.2, 0.25) is 5.02 Å². The van der Waals surface area contributed by atoms with Gasteiger partial charge in [-0.15, -0.1) is 0 Å². The summed E-state index contributed by atoms with van der Waals surface area (Å²) in [6, 6.07) is 6.53. The smallest absolute Gasteiger partial charge is 0.256 e. The maximum absolute atomic E-state index is 11.9. The Morgan fingerprint density at radius 3 is 2.72 bits per heavy atom. The second-order valence-electron chi connectivity index (χ2n) is 3.98. The fraction of sp³-hybridized carbons (Fsp3) is 0.167. The lowest BCUT2D eigenvalue weighted by molar-refractivity contribution is 0.102. The number of halogens is 1. The summed E-state index contributed by atoms with van der Waals surface area (Å²) < 4.78 is 1.69. The third-order valence-electron chi connectivity index (χ3n) is 2.61. The molecule has 5 nitrogen and oxygen atoms in total. The number of rotatable bonds is 2. The van der Waals surface area contributed by atoms with E-state index in [0.29, 0.717) is 22.1 Å². The Kier molecular flexibility index (Phi) is 3.25. The van der Waals surface area contributed by atoms with Crippen LogP contribution in [0.5, 0.6) is 0 Å². The number of aryl methyl sites for hydroxylation is 2. The molecule has 0 aliphatic heterocycles. The van der Waals surface area contributed by atoms with E-state index >= 15 is 0 Å². The van der Waals surface area contributed by atoms with Gasteiger partial charge < -0.3 is 11.1 Å². The Balaban J connectivity index is 2.19. The Labute approximate surface area is 110 Å². The molecule has 0 aliphatic rings. The van der Waals surface area contributed by atoms with Gasteiger partial charge in [0.05, 0.1) is 10.7 Å². The van der Waals surface area contributed by atoms with Crippen LogP contribution in [0.25, 0.3) is 0 Å². The summed E-state index contributed by atoms with van der Waals surface area (Å²) in [7, 11) is 1.81. The highest BCUT2D eigenvalue weighted by molar-refractivity contribution is 6.33. The Morgan fingerprint density at radius 1 is 1.44 bits per heavy atom. The number of nitrogen functional groups attached to an aromatic ring is 1. The molecule has 0 saturated heterocycles. The van der Waals surface area contributed by atoms with Gasteiger partial charge in [-0.3, -0.25) is 9.48 Å². The lowest BCUT2D eigenvalue weighted by Gasteiger charge is -2.04. The van der Waals surface area contributed by atoms with Crippen LogP contribution in [0, 0.1) is 6.92 Å². The van der Waals surface area contributed by atoms with Crippen LogP contribution < -0.4 is 11.1 Å². The van der Waals surface area contributed by atoms with Gasteiger partial charge in [0.1, 0.15) is 0 Å². The number of carbonyl (C=O) groups is 1. The SMILES string of the molecule is Cc1cc(NC(=O)c2ccc(Cl)c(N)c2)nn1C. The number of nitrogens with one attached hydrogen (secondary N) is 1. The molecule has 2 rings (SSSR count). The van der Waals surface area contributed by atoms with Crippen molar-refractivity contribution in [3.8, 4) is 0 Å². The van der Waals surface area contributed by atoms with Gasteiger partial charge in [0.15, 0.2) is 5.82 Å². The van der Waals surface area contributed by atoms with Gasteiger partial charge in [-0.25, -0.2) is 0 Å². The molecule has 6 heteroatoms. The number of hydrogen-bond donors (Lipinski definition) is 2. The molecule has 94 valence electrons. The Bertz CT molecular complexity index is 587. The van der Waals surface area contributed by atoms with Crippen LogP contribution >= 0.6 is 11.6 Å². The molecule has 0 fully saturated rings. The molecule has 0 spiro atoms. The number of benzene rings is 1. The van der Waals surface area contributed by atoms with E-state index in [4.69, 9.17) is 17.3 Å². The summed E-state index contributed by atoms with van der Waals surface area (Å²) in [5.74, 6) is 0.241. The lowest BCUT2D eigenvalue weighted by Crippen LogP contribution is -2.12. The normalized spacial score (nSPS) is 10.4. The fourth-order valence-electron chi connectivity index (χ4n) is 1.50. The van der Waals surface area contributed by atoms with Crippen molar-refractivity contribution < 1.29 is 4.79 Å². The predicted molar refractivity (Wildman–Crippen MR) is 71.8 cm³/mol. The molecule has 0 atom stereocenters. The minimum atomic E-state index is -0.267. The molecule has 1 amide bonds. The van der Waals surface area contributed by atoms with Crippen molar-refractivity contribution in [2.45, 2.75) is 6.92 Å². The lowest BCUT2D eigenvalue weighted by atomic mass is 10.2. The van der Waals surface area contributed by atoms with Crippen molar-refractivity contribution in [3.05, 3.63) is 40.5 Å². The summed E-state index contributed by atoms with van der Waals surface area (Å²) in [6.45, 7) is 1.91. The van der Waals surface area contributed by atoms with Crippen molar-refractivity contribution in [3.63, 3.8) is 0 Å². The van der Waals surface area contributed by atoms with E-state index in [9.17, 15) is 4.79 Å². The molecule has 0 bridgehead atoms. The topological polar surface area (TPSA) is 72.9 Å². The number of nitrogens with zero attached hydrogens (tertiary/aromatic N) is 2. The van der Waals surface area contributed by atoms with E-state index in [1.54, 1.807) is 22.9 Å². The molecule has 18 heavy (non-hydrogen) atoms. The molecule has 2 aromatic rings. The quantitative estimate of drug-likeness (QED) is 0.817. The number of amides is 1. The van der Waals surface area contributed by atoms with Gasteiger partial charge >= 0.3 is 0 Å². The number of hydrogen-bond acceptors (Lipinski definition) is 3. The highest BCUT2D eigenvalue weighted by atomic mass is 35.5. The second kappa shape index (κ2) is 4.70. The molecule has 0 saturated carbocycles. The van der Waals surface area contributed by atoms with Gasteiger partial charge in [0.2, 0.25) is 0 Å². The Hall–Kier alpha value is -2.01. The molecule has 0 unspecified atom stereocenters. The van der Waals surface area contributed by atoms with Gasteiger partial charge in [0, 0.05) is 24.4 Å². The largest absolute Gasteiger partial charge is 0.398 e. The summed E-state index contributed by atoms with van der Waals surface area (Å²) >= 11 is 5.80. The van der Waals surface area contributed by atoms with E-state index in [1.165, 1.54) is 6.07 Å². The van der Waals surface area contributed by atoms with Crippen LogP contribution in [0.3, 0.4) is 0 Å². The first-order valence-electron chi connectivity index (χ1n) is 5.34. The first-order valence-corrected chi connectivity index (χ1v) is 5.72. The van der Waals surface area contributed by atoms with Gasteiger partial charge in [-0.05, 0) is 25.1 Å².